The molecule has 24 heavy (non-hydrogen) atoms. The molecule has 1 atom stereocenters. The van der Waals surface area contributed by atoms with E-state index in [0.29, 0.717) is 11.1 Å². The van der Waals surface area contributed by atoms with Gasteiger partial charge in [-0.25, -0.2) is 4.79 Å². The Bertz CT molecular complexity index is 786. The first-order valence-corrected chi connectivity index (χ1v) is 8.81. The van der Waals surface area contributed by atoms with Crippen molar-refractivity contribution in [2.24, 2.45) is 0 Å². The zero-order valence-corrected chi connectivity index (χ0v) is 15.0. The third-order valence-electron chi connectivity index (χ3n) is 4.08. The van der Waals surface area contributed by atoms with Gasteiger partial charge in [-0.05, 0) is 61.4 Å². The molecule has 4 nitrogen and oxygen atoms in total. The maximum Gasteiger partial charge on any atom is 0.330 e. The summed E-state index contributed by atoms with van der Waals surface area (Å²) in [7, 11) is 0. The summed E-state index contributed by atoms with van der Waals surface area (Å²) in [6, 6.07) is 9.93. The van der Waals surface area contributed by atoms with Gasteiger partial charge in [0.15, 0.2) is 6.04 Å². The zero-order valence-electron chi connectivity index (χ0n) is 14.2. The van der Waals surface area contributed by atoms with Crippen molar-refractivity contribution in [1.29, 1.82) is 0 Å². The number of aliphatic carboxylic acids is 1. The molecule has 2 rings (SSSR count). The SMILES string of the molecule is CSc1ccc(C)c(C(=O)NC(C(=O)O)c2ccc(C)c(C)c2)c1. The molecule has 0 fully saturated rings. The molecule has 2 aromatic rings. The van der Waals surface area contributed by atoms with Crippen LogP contribution in [0.15, 0.2) is 41.3 Å². The molecule has 0 saturated carbocycles. The second kappa shape index (κ2) is 7.53. The number of aryl methyl sites for hydroxylation is 3. The van der Waals surface area contributed by atoms with Gasteiger partial charge < -0.3 is 10.4 Å². The highest BCUT2D eigenvalue weighted by Gasteiger charge is 2.23. The Balaban J connectivity index is 2.32. The van der Waals surface area contributed by atoms with E-state index in [-0.39, 0.29) is 5.91 Å². The molecule has 126 valence electrons. The topological polar surface area (TPSA) is 66.4 Å². The fourth-order valence-electron chi connectivity index (χ4n) is 2.41. The van der Waals surface area contributed by atoms with Gasteiger partial charge in [0.25, 0.3) is 5.91 Å². The summed E-state index contributed by atoms with van der Waals surface area (Å²) < 4.78 is 0. The van der Waals surface area contributed by atoms with Gasteiger partial charge in [-0.15, -0.1) is 11.8 Å². The van der Waals surface area contributed by atoms with Crippen molar-refractivity contribution < 1.29 is 14.7 Å². The van der Waals surface area contributed by atoms with Crippen molar-refractivity contribution in [2.45, 2.75) is 31.7 Å². The van der Waals surface area contributed by atoms with Crippen LogP contribution in [0.3, 0.4) is 0 Å². The lowest BCUT2D eigenvalue weighted by Crippen LogP contribution is -2.34. The summed E-state index contributed by atoms with van der Waals surface area (Å²) in [5.74, 6) is -1.46. The Hall–Kier alpha value is -2.27. The average molecular weight is 343 g/mol. The van der Waals surface area contributed by atoms with Crippen LogP contribution in [-0.4, -0.2) is 23.2 Å². The lowest BCUT2D eigenvalue weighted by Gasteiger charge is -2.17. The maximum absolute atomic E-state index is 12.6. The monoisotopic (exact) mass is 343 g/mol. The van der Waals surface area contributed by atoms with E-state index in [1.165, 1.54) is 11.8 Å². The number of nitrogens with one attached hydrogen (secondary N) is 1. The van der Waals surface area contributed by atoms with Crippen LogP contribution in [0, 0.1) is 20.8 Å². The Labute approximate surface area is 146 Å². The molecule has 0 heterocycles. The molecule has 0 aliphatic carbocycles. The van der Waals surface area contributed by atoms with E-state index >= 15 is 0 Å². The van der Waals surface area contributed by atoms with Crippen LogP contribution in [0.5, 0.6) is 0 Å². The first-order chi connectivity index (χ1) is 11.3. The van der Waals surface area contributed by atoms with Crippen molar-refractivity contribution in [3.63, 3.8) is 0 Å². The van der Waals surface area contributed by atoms with Gasteiger partial charge in [0.05, 0.1) is 0 Å². The highest BCUT2D eigenvalue weighted by Crippen LogP contribution is 2.21. The minimum atomic E-state index is -1.08. The van der Waals surface area contributed by atoms with E-state index in [0.717, 1.165) is 21.6 Å². The van der Waals surface area contributed by atoms with E-state index in [9.17, 15) is 14.7 Å². The third kappa shape index (κ3) is 3.97. The Morgan fingerprint density at radius 1 is 1.00 bits per heavy atom. The molecule has 0 bridgehead atoms. The third-order valence-corrected chi connectivity index (χ3v) is 4.80. The number of carboxylic acids is 1. The normalized spacial score (nSPS) is 11.8. The molecule has 2 N–H and O–H groups in total. The fourth-order valence-corrected chi connectivity index (χ4v) is 2.85. The Kier molecular flexibility index (Phi) is 5.67. The lowest BCUT2D eigenvalue weighted by atomic mass is 10.0. The summed E-state index contributed by atoms with van der Waals surface area (Å²) in [5.41, 5.74) is 3.95. The van der Waals surface area contributed by atoms with E-state index in [4.69, 9.17) is 0 Å². The van der Waals surface area contributed by atoms with Gasteiger partial charge in [0, 0.05) is 10.5 Å². The minimum absolute atomic E-state index is 0.381. The molecule has 0 aliphatic rings. The van der Waals surface area contributed by atoms with Gasteiger partial charge in [0.2, 0.25) is 0 Å². The van der Waals surface area contributed by atoms with Crippen molar-refractivity contribution in [3.05, 3.63) is 64.2 Å². The van der Waals surface area contributed by atoms with Crippen LogP contribution in [-0.2, 0) is 4.79 Å². The molecule has 0 radical (unpaired) electrons. The second-order valence-electron chi connectivity index (χ2n) is 5.77. The standard InChI is InChI=1S/C19H21NO3S/c1-11-5-7-14(9-13(11)3)17(19(22)23)20-18(21)16-10-15(24-4)8-6-12(16)2/h5-10,17H,1-4H3,(H,20,21)(H,22,23). The number of rotatable bonds is 5. The average Bonchev–Trinajstić information content (AvgIpc) is 2.55. The first-order valence-electron chi connectivity index (χ1n) is 7.59. The molecule has 2 aromatic carbocycles. The van der Waals surface area contributed by atoms with Gasteiger partial charge in [-0.2, -0.15) is 0 Å². The Morgan fingerprint density at radius 2 is 1.67 bits per heavy atom. The summed E-state index contributed by atoms with van der Waals surface area (Å²) in [6.07, 6.45) is 1.93. The molecule has 0 aromatic heterocycles. The summed E-state index contributed by atoms with van der Waals surface area (Å²) >= 11 is 1.54. The summed E-state index contributed by atoms with van der Waals surface area (Å²) in [6.45, 7) is 5.72. The second-order valence-corrected chi connectivity index (χ2v) is 6.65. The molecule has 5 heteroatoms. The number of amides is 1. The predicted molar refractivity (Wildman–Crippen MR) is 96.7 cm³/mol. The highest BCUT2D eigenvalue weighted by molar-refractivity contribution is 7.98. The molecular weight excluding hydrogens is 322 g/mol. The molecule has 0 saturated heterocycles. The quantitative estimate of drug-likeness (QED) is 0.808. The highest BCUT2D eigenvalue weighted by atomic mass is 32.2. The van der Waals surface area contributed by atoms with Crippen LogP contribution in [0.4, 0.5) is 0 Å². The van der Waals surface area contributed by atoms with Gasteiger partial charge in [-0.1, -0.05) is 24.3 Å². The van der Waals surface area contributed by atoms with E-state index in [2.05, 4.69) is 5.32 Å². The molecule has 1 unspecified atom stereocenters. The molecule has 1 amide bonds. The van der Waals surface area contributed by atoms with Crippen molar-refractivity contribution in [2.75, 3.05) is 6.26 Å². The number of carbonyl (C=O) groups is 2. The molecular formula is C19H21NO3S. The van der Waals surface area contributed by atoms with Crippen LogP contribution < -0.4 is 5.32 Å². The zero-order chi connectivity index (χ0) is 17.9. The summed E-state index contributed by atoms with van der Waals surface area (Å²) in [5, 5.41) is 12.2. The maximum atomic E-state index is 12.6. The van der Waals surface area contributed by atoms with E-state index in [1.807, 2.05) is 45.2 Å². The molecule has 0 spiro atoms. The van der Waals surface area contributed by atoms with Crippen LogP contribution in [0.2, 0.25) is 0 Å². The van der Waals surface area contributed by atoms with Gasteiger partial charge in [0.1, 0.15) is 0 Å². The lowest BCUT2D eigenvalue weighted by molar-refractivity contribution is -0.139. The predicted octanol–water partition coefficient (Wildman–Crippen LogP) is 3.89. The van der Waals surface area contributed by atoms with Crippen molar-refractivity contribution >= 4 is 23.6 Å². The van der Waals surface area contributed by atoms with Gasteiger partial charge >= 0.3 is 5.97 Å². The number of carboxylic acid groups (broad SMARTS) is 1. The number of hydrogen-bond donors (Lipinski definition) is 2. The minimum Gasteiger partial charge on any atom is -0.479 e. The Morgan fingerprint density at radius 3 is 2.25 bits per heavy atom. The smallest absolute Gasteiger partial charge is 0.330 e. The number of hydrogen-bond acceptors (Lipinski definition) is 3. The summed E-state index contributed by atoms with van der Waals surface area (Å²) in [4.78, 5) is 25.2. The number of thioether (sulfide) groups is 1. The van der Waals surface area contributed by atoms with Crippen LogP contribution >= 0.6 is 11.8 Å². The number of carbonyl (C=O) groups excluding carboxylic acids is 1. The van der Waals surface area contributed by atoms with E-state index < -0.39 is 12.0 Å². The largest absolute Gasteiger partial charge is 0.479 e. The molecule has 0 aliphatic heterocycles. The van der Waals surface area contributed by atoms with E-state index in [1.54, 1.807) is 18.2 Å². The van der Waals surface area contributed by atoms with Crippen molar-refractivity contribution in [1.82, 2.24) is 5.32 Å². The van der Waals surface area contributed by atoms with Crippen LogP contribution in [0.1, 0.15) is 38.7 Å². The van der Waals surface area contributed by atoms with Crippen molar-refractivity contribution in [3.8, 4) is 0 Å². The first kappa shape index (κ1) is 18.1. The fraction of sp³-hybridized carbons (Fsp3) is 0.263. The number of benzene rings is 2. The van der Waals surface area contributed by atoms with Crippen LogP contribution in [0.25, 0.3) is 0 Å². The van der Waals surface area contributed by atoms with Gasteiger partial charge in [-0.3, -0.25) is 4.79 Å².